The Labute approximate surface area is 139 Å². The second-order valence-electron chi connectivity index (χ2n) is 5.90. The molecule has 0 aliphatic carbocycles. The Morgan fingerprint density at radius 1 is 1.38 bits per heavy atom. The van der Waals surface area contributed by atoms with Gasteiger partial charge in [0.2, 0.25) is 5.91 Å². The van der Waals surface area contributed by atoms with Crippen molar-refractivity contribution in [2.75, 3.05) is 7.11 Å². The molecule has 8 heteroatoms. The van der Waals surface area contributed by atoms with Crippen LogP contribution in [0.3, 0.4) is 0 Å². The number of ether oxygens (including phenoxy) is 1. The molecule has 0 aliphatic rings. The molecule has 8 nitrogen and oxygen atoms in total. The molecule has 0 unspecified atom stereocenters. The molecule has 2 heterocycles. The number of pyridine rings is 1. The zero-order valence-electron chi connectivity index (χ0n) is 14.5. The largest absolute Gasteiger partial charge is 0.469 e. The van der Waals surface area contributed by atoms with E-state index >= 15 is 0 Å². The van der Waals surface area contributed by atoms with Gasteiger partial charge in [0.25, 0.3) is 5.56 Å². The summed E-state index contributed by atoms with van der Waals surface area (Å²) in [5.74, 6) is -1.17. The van der Waals surface area contributed by atoms with Gasteiger partial charge >= 0.3 is 5.97 Å². The Morgan fingerprint density at radius 3 is 2.67 bits per heavy atom. The van der Waals surface area contributed by atoms with Gasteiger partial charge in [-0.05, 0) is 25.0 Å². The average Bonchev–Trinajstić information content (AvgIpc) is 2.80. The van der Waals surface area contributed by atoms with Crippen molar-refractivity contribution in [3.63, 3.8) is 0 Å². The summed E-state index contributed by atoms with van der Waals surface area (Å²) in [5.41, 5.74) is 2.72. The molecule has 24 heavy (non-hydrogen) atoms. The van der Waals surface area contributed by atoms with E-state index in [4.69, 9.17) is 0 Å². The SMILES string of the molecule is COC(=O)C[C@H](C)C(=O)NCc1c(C)nc2c(c1C)c(=O)[nH]n2C. The van der Waals surface area contributed by atoms with Gasteiger partial charge in [-0.3, -0.25) is 24.2 Å². The summed E-state index contributed by atoms with van der Waals surface area (Å²) >= 11 is 0. The summed E-state index contributed by atoms with van der Waals surface area (Å²) in [6.07, 6.45) is 0.0237. The fraction of sp³-hybridized carbons (Fsp3) is 0.500. The van der Waals surface area contributed by atoms with Crippen LogP contribution in [-0.2, 0) is 27.9 Å². The first-order valence-corrected chi connectivity index (χ1v) is 7.65. The number of hydrogen-bond acceptors (Lipinski definition) is 5. The van der Waals surface area contributed by atoms with Gasteiger partial charge in [0.1, 0.15) is 0 Å². The molecule has 1 atom stereocenters. The molecule has 130 valence electrons. The summed E-state index contributed by atoms with van der Waals surface area (Å²) in [6.45, 7) is 5.59. The maximum absolute atomic E-state index is 12.1. The number of amides is 1. The van der Waals surface area contributed by atoms with E-state index in [1.807, 2.05) is 13.8 Å². The van der Waals surface area contributed by atoms with E-state index in [-0.39, 0.29) is 24.4 Å². The summed E-state index contributed by atoms with van der Waals surface area (Å²) in [4.78, 5) is 39.8. The molecule has 2 N–H and O–H groups in total. The number of carbonyl (C=O) groups excluding carboxylic acids is 2. The first kappa shape index (κ1) is 17.7. The Hall–Kier alpha value is -2.64. The van der Waals surface area contributed by atoms with Gasteiger partial charge < -0.3 is 10.1 Å². The number of nitrogens with zero attached hydrogens (tertiary/aromatic N) is 2. The monoisotopic (exact) mass is 334 g/mol. The van der Waals surface area contributed by atoms with E-state index in [9.17, 15) is 14.4 Å². The zero-order chi connectivity index (χ0) is 18.0. The molecule has 0 spiro atoms. The number of fused-ring (bicyclic) bond motifs is 1. The van der Waals surface area contributed by atoms with Gasteiger partial charge in [-0.15, -0.1) is 0 Å². The quantitative estimate of drug-likeness (QED) is 0.783. The minimum absolute atomic E-state index is 0.0237. The fourth-order valence-corrected chi connectivity index (χ4v) is 2.68. The maximum atomic E-state index is 12.1. The van der Waals surface area contributed by atoms with Crippen molar-refractivity contribution >= 4 is 22.9 Å². The van der Waals surface area contributed by atoms with Crippen LogP contribution in [-0.4, -0.2) is 33.8 Å². The lowest BCUT2D eigenvalue weighted by Gasteiger charge is -2.14. The molecule has 2 aromatic rings. The Kier molecular flexibility index (Phi) is 5.06. The van der Waals surface area contributed by atoms with Crippen LogP contribution in [0, 0.1) is 19.8 Å². The highest BCUT2D eigenvalue weighted by Gasteiger charge is 2.19. The summed E-state index contributed by atoms with van der Waals surface area (Å²) in [5, 5.41) is 6.00. The predicted octanol–water partition coefficient (Wildman–Crippen LogP) is 0.694. The van der Waals surface area contributed by atoms with E-state index in [0.717, 1.165) is 16.8 Å². The highest BCUT2D eigenvalue weighted by molar-refractivity contribution is 5.84. The van der Waals surface area contributed by atoms with Crippen molar-refractivity contribution in [3.8, 4) is 0 Å². The molecule has 2 rings (SSSR count). The maximum Gasteiger partial charge on any atom is 0.306 e. The molecule has 0 saturated heterocycles. The van der Waals surface area contributed by atoms with Crippen LogP contribution < -0.4 is 10.9 Å². The smallest absolute Gasteiger partial charge is 0.306 e. The van der Waals surface area contributed by atoms with E-state index in [1.54, 1.807) is 18.7 Å². The van der Waals surface area contributed by atoms with Crippen molar-refractivity contribution in [2.45, 2.75) is 33.7 Å². The number of methoxy groups -OCH3 is 1. The zero-order valence-corrected chi connectivity index (χ0v) is 14.5. The topological polar surface area (TPSA) is 106 Å². The first-order valence-electron chi connectivity index (χ1n) is 7.65. The molecule has 0 aliphatic heterocycles. The summed E-state index contributed by atoms with van der Waals surface area (Å²) in [7, 11) is 3.02. The highest BCUT2D eigenvalue weighted by Crippen LogP contribution is 2.19. The number of carbonyl (C=O) groups is 2. The number of esters is 1. The average molecular weight is 334 g/mol. The van der Waals surface area contributed by atoms with Crippen molar-refractivity contribution in [1.82, 2.24) is 20.1 Å². The fourth-order valence-electron chi connectivity index (χ4n) is 2.68. The van der Waals surface area contributed by atoms with Crippen LogP contribution in [0.5, 0.6) is 0 Å². The van der Waals surface area contributed by atoms with Crippen LogP contribution in [0.2, 0.25) is 0 Å². The normalized spacial score (nSPS) is 12.2. The molecular weight excluding hydrogens is 312 g/mol. The molecule has 0 saturated carbocycles. The van der Waals surface area contributed by atoms with Gasteiger partial charge in [-0.1, -0.05) is 6.92 Å². The van der Waals surface area contributed by atoms with Gasteiger partial charge in [0.15, 0.2) is 5.65 Å². The summed E-state index contributed by atoms with van der Waals surface area (Å²) in [6, 6.07) is 0. The lowest BCUT2D eigenvalue weighted by molar-refractivity contribution is -0.143. The van der Waals surface area contributed by atoms with Gasteiger partial charge in [0.05, 0.1) is 18.9 Å². The van der Waals surface area contributed by atoms with Crippen LogP contribution >= 0.6 is 0 Å². The Morgan fingerprint density at radius 2 is 2.04 bits per heavy atom. The number of aryl methyl sites for hydroxylation is 3. The van der Waals surface area contributed by atoms with Gasteiger partial charge in [0, 0.05) is 25.2 Å². The van der Waals surface area contributed by atoms with Crippen molar-refractivity contribution in [1.29, 1.82) is 0 Å². The van der Waals surface area contributed by atoms with Crippen molar-refractivity contribution in [3.05, 3.63) is 27.2 Å². The van der Waals surface area contributed by atoms with Crippen LogP contribution in [0.1, 0.15) is 30.2 Å². The number of hydrogen-bond donors (Lipinski definition) is 2. The van der Waals surface area contributed by atoms with Crippen LogP contribution in [0.4, 0.5) is 0 Å². The van der Waals surface area contributed by atoms with Crippen molar-refractivity contribution in [2.24, 2.45) is 13.0 Å². The highest BCUT2D eigenvalue weighted by atomic mass is 16.5. The Balaban J connectivity index is 2.21. The standard InChI is InChI=1S/C16H22N4O4/c1-8(6-12(21)24-5)15(22)17-7-11-9(2)13-14(18-10(11)3)20(4)19-16(13)23/h8H,6-7H2,1-5H3,(H,17,22)(H,19,23)/t8-/m0/s1. The molecule has 0 fully saturated rings. The third-order valence-electron chi connectivity index (χ3n) is 4.16. The molecular formula is C16H22N4O4. The molecule has 0 radical (unpaired) electrons. The molecule has 2 aromatic heterocycles. The number of aromatic amines is 1. The Bertz CT molecular complexity index is 850. The minimum Gasteiger partial charge on any atom is -0.469 e. The van der Waals surface area contributed by atoms with Crippen LogP contribution in [0.25, 0.3) is 11.0 Å². The van der Waals surface area contributed by atoms with E-state index in [0.29, 0.717) is 11.0 Å². The number of nitrogens with one attached hydrogen (secondary N) is 2. The molecule has 1 amide bonds. The van der Waals surface area contributed by atoms with Crippen LogP contribution in [0.15, 0.2) is 4.79 Å². The van der Waals surface area contributed by atoms with Crippen molar-refractivity contribution < 1.29 is 14.3 Å². The third kappa shape index (κ3) is 3.32. The number of H-pyrrole nitrogens is 1. The number of rotatable bonds is 5. The van der Waals surface area contributed by atoms with E-state index < -0.39 is 11.9 Å². The lowest BCUT2D eigenvalue weighted by Crippen LogP contribution is -2.31. The second kappa shape index (κ2) is 6.86. The van der Waals surface area contributed by atoms with E-state index in [1.165, 1.54) is 7.11 Å². The minimum atomic E-state index is -0.491. The molecule has 0 bridgehead atoms. The second-order valence-corrected chi connectivity index (χ2v) is 5.90. The summed E-state index contributed by atoms with van der Waals surface area (Å²) < 4.78 is 6.15. The van der Waals surface area contributed by atoms with Gasteiger partial charge in [-0.2, -0.15) is 0 Å². The predicted molar refractivity (Wildman–Crippen MR) is 88.5 cm³/mol. The first-order chi connectivity index (χ1) is 11.3. The lowest BCUT2D eigenvalue weighted by atomic mass is 10.0. The molecule has 0 aromatic carbocycles. The number of aromatic nitrogens is 3. The van der Waals surface area contributed by atoms with E-state index in [2.05, 4.69) is 20.1 Å². The van der Waals surface area contributed by atoms with Gasteiger partial charge in [-0.25, -0.2) is 4.98 Å². The third-order valence-corrected chi connectivity index (χ3v) is 4.16.